The molecule has 0 aromatic rings. The summed E-state index contributed by atoms with van der Waals surface area (Å²) in [6.07, 6.45) is 5.72. The third-order valence-electron chi connectivity index (χ3n) is 3.92. The van der Waals surface area contributed by atoms with Crippen molar-refractivity contribution in [3.05, 3.63) is 0 Å². The number of unbranched alkanes of at least 4 members (excludes halogenated alkanes) is 2. The Labute approximate surface area is 128 Å². The zero-order valence-corrected chi connectivity index (χ0v) is 13.6. The number of nitrogens with one attached hydrogen (secondary N) is 1. The van der Waals surface area contributed by atoms with Crippen LogP contribution in [0.1, 0.15) is 45.4 Å². The predicted octanol–water partition coefficient (Wildman–Crippen LogP) is 1.11. The lowest BCUT2D eigenvalue weighted by Crippen LogP contribution is -2.58. The number of ether oxygens (including phenoxy) is 1. The highest BCUT2D eigenvalue weighted by molar-refractivity contribution is 5.78. The minimum absolute atomic E-state index is 0.0553. The molecule has 2 atom stereocenters. The quantitative estimate of drug-likeness (QED) is 0.398. The summed E-state index contributed by atoms with van der Waals surface area (Å²) >= 11 is 0. The molecule has 122 valence electrons. The first-order chi connectivity index (χ1) is 10.1. The monoisotopic (exact) mass is 298 g/mol. The third kappa shape index (κ3) is 6.01. The average molecular weight is 298 g/mol. The first-order valence-corrected chi connectivity index (χ1v) is 7.87. The lowest BCUT2D eigenvalue weighted by molar-refractivity contribution is -0.117. The molecular weight excluding hydrogens is 268 g/mol. The largest absolute Gasteiger partial charge is 0.370 e. The summed E-state index contributed by atoms with van der Waals surface area (Å²) in [4.78, 5) is 17.0. The summed E-state index contributed by atoms with van der Waals surface area (Å²) in [5.74, 6) is 0.799. The van der Waals surface area contributed by atoms with Gasteiger partial charge in [-0.15, -0.1) is 0 Å². The molecule has 6 heteroatoms. The fourth-order valence-electron chi connectivity index (χ4n) is 2.69. The number of ketones is 1. The van der Waals surface area contributed by atoms with Gasteiger partial charge < -0.3 is 25.5 Å². The molecule has 1 rings (SSSR count). The molecule has 1 saturated heterocycles. The van der Waals surface area contributed by atoms with Crippen LogP contribution in [0.4, 0.5) is 0 Å². The number of carbonyl (C=O) groups is 1. The zero-order chi connectivity index (χ0) is 15.7. The first-order valence-electron chi connectivity index (χ1n) is 7.87. The third-order valence-corrected chi connectivity index (χ3v) is 3.92. The molecule has 3 N–H and O–H groups in total. The Kier molecular flexibility index (Phi) is 8.30. The van der Waals surface area contributed by atoms with Crippen molar-refractivity contribution in [1.82, 2.24) is 10.2 Å². The molecule has 0 aromatic heterocycles. The number of rotatable bonds is 8. The normalized spacial score (nSPS) is 23.4. The van der Waals surface area contributed by atoms with Crippen LogP contribution in [0.15, 0.2) is 4.99 Å². The highest BCUT2D eigenvalue weighted by Gasteiger charge is 2.32. The van der Waals surface area contributed by atoms with Crippen LogP contribution < -0.4 is 11.1 Å². The summed E-state index contributed by atoms with van der Waals surface area (Å²) in [6.45, 7) is 3.21. The molecule has 0 amide bonds. The first kappa shape index (κ1) is 17.9. The topological polar surface area (TPSA) is 79.9 Å². The van der Waals surface area contributed by atoms with E-state index in [2.05, 4.69) is 10.3 Å². The van der Waals surface area contributed by atoms with Gasteiger partial charge in [-0.3, -0.25) is 4.99 Å². The van der Waals surface area contributed by atoms with E-state index in [1.54, 1.807) is 14.0 Å². The molecule has 0 spiro atoms. The van der Waals surface area contributed by atoms with Gasteiger partial charge in [-0.25, -0.2) is 0 Å². The van der Waals surface area contributed by atoms with E-state index in [0.717, 1.165) is 38.6 Å². The van der Waals surface area contributed by atoms with E-state index in [0.29, 0.717) is 19.0 Å². The number of likely N-dealkylation sites (N-methyl/N-ethyl adjacent to an activating group) is 1. The minimum Gasteiger partial charge on any atom is -0.370 e. The van der Waals surface area contributed by atoms with E-state index in [1.165, 1.54) is 0 Å². The fraction of sp³-hybridized carbons (Fsp3) is 0.867. The number of carbonyl (C=O) groups excluding carboxylic acids is 1. The average Bonchev–Trinajstić information content (AvgIpc) is 2.49. The Hall–Kier alpha value is -1.14. The number of likely N-dealkylation sites (tertiary alicyclic amines) is 1. The number of Topliss-reactive ketones (excluding diaryl/α,β-unsaturated/α-hetero) is 1. The number of guanidine groups is 1. The summed E-state index contributed by atoms with van der Waals surface area (Å²) in [6, 6.07) is 0.274. The van der Waals surface area contributed by atoms with Crippen molar-refractivity contribution in [1.29, 1.82) is 0 Å². The van der Waals surface area contributed by atoms with Crippen molar-refractivity contribution in [3.8, 4) is 0 Å². The summed E-state index contributed by atoms with van der Waals surface area (Å²) in [7, 11) is 3.66. The number of nitrogens with two attached hydrogens (primary N) is 1. The smallest absolute Gasteiger partial charge is 0.193 e. The Morgan fingerprint density at radius 3 is 2.81 bits per heavy atom. The number of hydrogen-bond acceptors (Lipinski definition) is 4. The van der Waals surface area contributed by atoms with Crippen molar-refractivity contribution >= 4 is 11.7 Å². The Morgan fingerprint density at radius 1 is 1.43 bits per heavy atom. The van der Waals surface area contributed by atoms with Crippen molar-refractivity contribution < 1.29 is 9.53 Å². The van der Waals surface area contributed by atoms with Gasteiger partial charge in [-0.1, -0.05) is 6.42 Å². The van der Waals surface area contributed by atoms with Gasteiger partial charge in [0.05, 0.1) is 6.04 Å². The lowest BCUT2D eigenvalue weighted by Gasteiger charge is -2.41. The van der Waals surface area contributed by atoms with Gasteiger partial charge in [0.1, 0.15) is 12.0 Å². The molecule has 2 unspecified atom stereocenters. The highest BCUT2D eigenvalue weighted by atomic mass is 16.5. The second-order valence-corrected chi connectivity index (χ2v) is 5.59. The van der Waals surface area contributed by atoms with Crippen LogP contribution in [0.3, 0.4) is 0 Å². The molecule has 0 aliphatic carbocycles. The maximum atomic E-state index is 10.9. The Morgan fingerprint density at radius 2 is 2.19 bits per heavy atom. The van der Waals surface area contributed by atoms with Crippen LogP contribution in [0.2, 0.25) is 0 Å². The molecule has 1 aliphatic rings. The van der Waals surface area contributed by atoms with Crippen LogP contribution in [0.5, 0.6) is 0 Å². The van der Waals surface area contributed by atoms with E-state index < -0.39 is 0 Å². The molecule has 0 radical (unpaired) electrons. The summed E-state index contributed by atoms with van der Waals surface area (Å²) in [5, 5.41) is 3.31. The van der Waals surface area contributed by atoms with E-state index in [9.17, 15) is 4.79 Å². The summed E-state index contributed by atoms with van der Waals surface area (Å²) < 4.78 is 6.05. The van der Waals surface area contributed by atoms with Crippen LogP contribution in [0, 0.1) is 0 Å². The van der Waals surface area contributed by atoms with Crippen molar-refractivity contribution in [2.24, 2.45) is 10.7 Å². The van der Waals surface area contributed by atoms with Gasteiger partial charge in [0, 0.05) is 26.6 Å². The standard InChI is InChI=1S/C15H30N4O2/c1-12(20)8-5-4-6-11-21-14-13(17-2)9-7-10-19(14)15(16)18-3/h13-14,17H,4-11H2,1-3H3,(H2,16,18). The van der Waals surface area contributed by atoms with E-state index in [1.807, 2.05) is 11.9 Å². The van der Waals surface area contributed by atoms with Crippen LogP contribution in [-0.4, -0.2) is 56.2 Å². The Balaban J connectivity index is 2.40. The minimum atomic E-state index is -0.0553. The number of hydrogen-bond donors (Lipinski definition) is 2. The second kappa shape index (κ2) is 9.73. The van der Waals surface area contributed by atoms with Gasteiger partial charge in [0.25, 0.3) is 0 Å². The molecule has 1 aliphatic heterocycles. The number of aliphatic imine (C=N–C) groups is 1. The Bertz CT molecular complexity index is 347. The van der Waals surface area contributed by atoms with E-state index >= 15 is 0 Å². The summed E-state index contributed by atoms with van der Waals surface area (Å²) in [5.41, 5.74) is 5.97. The fourth-order valence-corrected chi connectivity index (χ4v) is 2.69. The van der Waals surface area contributed by atoms with Gasteiger partial charge in [-0.2, -0.15) is 0 Å². The van der Waals surface area contributed by atoms with E-state index in [-0.39, 0.29) is 18.1 Å². The molecule has 0 aromatic carbocycles. The molecule has 0 saturated carbocycles. The number of piperidine rings is 1. The second-order valence-electron chi connectivity index (χ2n) is 5.59. The van der Waals surface area contributed by atoms with Gasteiger partial charge in [-0.05, 0) is 39.7 Å². The number of nitrogens with zero attached hydrogens (tertiary/aromatic N) is 2. The van der Waals surface area contributed by atoms with Crippen molar-refractivity contribution in [3.63, 3.8) is 0 Å². The van der Waals surface area contributed by atoms with Crippen molar-refractivity contribution in [2.45, 2.75) is 57.7 Å². The van der Waals surface area contributed by atoms with Crippen LogP contribution in [0.25, 0.3) is 0 Å². The highest BCUT2D eigenvalue weighted by Crippen LogP contribution is 2.19. The molecular formula is C15H30N4O2. The van der Waals surface area contributed by atoms with Crippen LogP contribution >= 0.6 is 0 Å². The molecule has 1 heterocycles. The van der Waals surface area contributed by atoms with Gasteiger partial charge >= 0.3 is 0 Å². The van der Waals surface area contributed by atoms with Gasteiger partial charge in [0.15, 0.2) is 5.96 Å². The lowest BCUT2D eigenvalue weighted by atomic mass is 10.0. The predicted molar refractivity (Wildman–Crippen MR) is 85.2 cm³/mol. The maximum absolute atomic E-state index is 10.9. The molecule has 21 heavy (non-hydrogen) atoms. The molecule has 0 bridgehead atoms. The SMILES string of the molecule is CN=C(N)N1CCCC(NC)C1OCCCCCC(C)=O. The zero-order valence-electron chi connectivity index (χ0n) is 13.6. The van der Waals surface area contributed by atoms with Crippen molar-refractivity contribution in [2.75, 3.05) is 27.2 Å². The maximum Gasteiger partial charge on any atom is 0.193 e. The molecule has 6 nitrogen and oxygen atoms in total. The van der Waals surface area contributed by atoms with Crippen LogP contribution in [-0.2, 0) is 9.53 Å². The molecule has 1 fully saturated rings. The van der Waals surface area contributed by atoms with E-state index in [4.69, 9.17) is 10.5 Å². The van der Waals surface area contributed by atoms with Gasteiger partial charge in [0.2, 0.25) is 0 Å².